The van der Waals surface area contributed by atoms with E-state index in [0.717, 1.165) is 39.7 Å². The highest BCUT2D eigenvalue weighted by Crippen LogP contribution is 2.37. The highest BCUT2D eigenvalue weighted by atomic mass is 16.5. The molecule has 1 heterocycles. The molecule has 0 fully saturated rings. The highest BCUT2D eigenvalue weighted by Gasteiger charge is 2.15. The second-order valence-corrected chi connectivity index (χ2v) is 8.94. The summed E-state index contributed by atoms with van der Waals surface area (Å²) in [6, 6.07) is 22.7. The van der Waals surface area contributed by atoms with Gasteiger partial charge in [-0.25, -0.2) is 0 Å². The zero-order valence-corrected chi connectivity index (χ0v) is 20.2. The van der Waals surface area contributed by atoms with Crippen LogP contribution >= 0.6 is 0 Å². The minimum Gasteiger partial charge on any atom is -0.496 e. The van der Waals surface area contributed by atoms with Gasteiger partial charge >= 0.3 is 0 Å². The van der Waals surface area contributed by atoms with E-state index in [9.17, 15) is 4.79 Å². The van der Waals surface area contributed by atoms with E-state index >= 15 is 0 Å². The second kappa shape index (κ2) is 10.4. The Morgan fingerprint density at radius 1 is 1.00 bits per heavy atom. The van der Waals surface area contributed by atoms with E-state index < -0.39 is 0 Å². The molecule has 0 aliphatic heterocycles. The first-order valence-corrected chi connectivity index (χ1v) is 11.7. The average molecular weight is 454 g/mol. The molecule has 1 amide bonds. The van der Waals surface area contributed by atoms with Gasteiger partial charge in [0.05, 0.1) is 13.4 Å². The maximum absolute atomic E-state index is 12.4. The standard InChI is InChI=1S/C30H31NO3/c1-20(2)14-15-31-30(32)16-21(3)25-17-26-27(19-34-29(26)18-28(25)33-4)24-12-10-23(11-13-24)22-8-6-5-7-9-22/h5-13,16-20H,14-15H2,1-4H3,(H,31,32)/b21-16+. The van der Waals surface area contributed by atoms with Crippen LogP contribution in [0.4, 0.5) is 0 Å². The Morgan fingerprint density at radius 3 is 2.35 bits per heavy atom. The van der Waals surface area contributed by atoms with Gasteiger partial charge in [0.25, 0.3) is 0 Å². The monoisotopic (exact) mass is 453 g/mol. The number of furan rings is 1. The fourth-order valence-corrected chi connectivity index (χ4v) is 4.04. The number of allylic oxidation sites excluding steroid dienone is 1. The van der Waals surface area contributed by atoms with Crippen LogP contribution in [0.1, 0.15) is 32.8 Å². The first-order chi connectivity index (χ1) is 16.5. The molecule has 4 heteroatoms. The maximum atomic E-state index is 12.4. The van der Waals surface area contributed by atoms with E-state index in [1.54, 1.807) is 19.4 Å². The number of ether oxygens (including phenoxy) is 1. The molecular formula is C30H31NO3. The van der Waals surface area contributed by atoms with Crippen LogP contribution < -0.4 is 10.1 Å². The minimum absolute atomic E-state index is 0.0933. The van der Waals surface area contributed by atoms with Gasteiger partial charge in [-0.1, -0.05) is 68.4 Å². The molecule has 0 aliphatic carbocycles. The number of nitrogens with one attached hydrogen (secondary N) is 1. The zero-order valence-electron chi connectivity index (χ0n) is 20.2. The predicted octanol–water partition coefficient (Wildman–Crippen LogP) is 7.34. The summed E-state index contributed by atoms with van der Waals surface area (Å²) in [4.78, 5) is 12.4. The van der Waals surface area contributed by atoms with E-state index in [2.05, 4.69) is 55.6 Å². The highest BCUT2D eigenvalue weighted by molar-refractivity contribution is 6.00. The van der Waals surface area contributed by atoms with Crippen molar-refractivity contribution in [1.29, 1.82) is 0 Å². The summed E-state index contributed by atoms with van der Waals surface area (Å²) in [5.74, 6) is 1.13. The smallest absolute Gasteiger partial charge is 0.244 e. The van der Waals surface area contributed by atoms with Crippen molar-refractivity contribution in [2.75, 3.05) is 13.7 Å². The average Bonchev–Trinajstić information content (AvgIpc) is 3.26. The van der Waals surface area contributed by atoms with Gasteiger partial charge in [-0.2, -0.15) is 0 Å². The van der Waals surface area contributed by atoms with Crippen molar-refractivity contribution in [1.82, 2.24) is 5.32 Å². The van der Waals surface area contributed by atoms with Crippen LogP contribution in [0.2, 0.25) is 0 Å². The van der Waals surface area contributed by atoms with Crippen molar-refractivity contribution in [2.24, 2.45) is 5.92 Å². The third-order valence-electron chi connectivity index (χ3n) is 5.99. The normalized spacial score (nSPS) is 11.7. The quantitative estimate of drug-likeness (QED) is 0.284. The van der Waals surface area contributed by atoms with E-state index in [1.807, 2.05) is 37.3 Å². The van der Waals surface area contributed by atoms with Gasteiger partial charge in [0, 0.05) is 35.2 Å². The summed E-state index contributed by atoms with van der Waals surface area (Å²) >= 11 is 0. The number of benzene rings is 3. The van der Waals surface area contributed by atoms with Gasteiger partial charge in [0.15, 0.2) is 0 Å². The van der Waals surface area contributed by atoms with Crippen LogP contribution in [0.15, 0.2) is 83.5 Å². The Balaban J connectivity index is 1.65. The lowest BCUT2D eigenvalue weighted by molar-refractivity contribution is -0.116. The van der Waals surface area contributed by atoms with Gasteiger partial charge in [-0.05, 0) is 47.6 Å². The summed E-state index contributed by atoms with van der Waals surface area (Å²) in [7, 11) is 1.63. The van der Waals surface area contributed by atoms with Crippen molar-refractivity contribution < 1.29 is 13.9 Å². The molecule has 0 bridgehead atoms. The van der Waals surface area contributed by atoms with Crippen LogP contribution in [0, 0.1) is 5.92 Å². The third kappa shape index (κ3) is 5.23. The molecule has 4 nitrogen and oxygen atoms in total. The Kier molecular flexibility index (Phi) is 7.17. The lowest BCUT2D eigenvalue weighted by Gasteiger charge is -2.11. The molecule has 0 radical (unpaired) electrons. The number of amides is 1. The van der Waals surface area contributed by atoms with Crippen molar-refractivity contribution in [2.45, 2.75) is 27.2 Å². The molecule has 0 saturated carbocycles. The number of carbonyl (C=O) groups excluding carboxylic acids is 1. The Bertz CT molecular complexity index is 1300. The van der Waals surface area contributed by atoms with Crippen LogP contribution in [0.5, 0.6) is 5.75 Å². The van der Waals surface area contributed by atoms with Crippen molar-refractivity contribution in [3.63, 3.8) is 0 Å². The summed E-state index contributed by atoms with van der Waals surface area (Å²) in [6.45, 7) is 6.89. The van der Waals surface area contributed by atoms with Crippen LogP contribution in [-0.4, -0.2) is 19.6 Å². The van der Waals surface area contributed by atoms with Gasteiger partial charge in [-0.15, -0.1) is 0 Å². The number of carbonyl (C=O) groups is 1. The van der Waals surface area contributed by atoms with Gasteiger partial charge in [0.1, 0.15) is 11.3 Å². The topological polar surface area (TPSA) is 51.5 Å². The fourth-order valence-electron chi connectivity index (χ4n) is 4.04. The summed E-state index contributed by atoms with van der Waals surface area (Å²) in [5.41, 5.74) is 6.89. The maximum Gasteiger partial charge on any atom is 0.244 e. The number of hydrogen-bond acceptors (Lipinski definition) is 3. The van der Waals surface area contributed by atoms with Gasteiger partial charge in [0.2, 0.25) is 5.91 Å². The Morgan fingerprint density at radius 2 is 1.68 bits per heavy atom. The van der Waals surface area contributed by atoms with E-state index in [1.165, 1.54) is 11.1 Å². The van der Waals surface area contributed by atoms with E-state index in [-0.39, 0.29) is 5.91 Å². The molecule has 174 valence electrons. The molecule has 4 rings (SSSR count). The largest absolute Gasteiger partial charge is 0.496 e. The molecule has 1 N–H and O–H groups in total. The molecule has 0 spiro atoms. The lowest BCUT2D eigenvalue weighted by Crippen LogP contribution is -2.23. The SMILES string of the molecule is COc1cc2occ(-c3ccc(-c4ccccc4)cc3)c2cc1/C(C)=C/C(=O)NCCC(C)C. The molecule has 0 atom stereocenters. The number of fused-ring (bicyclic) bond motifs is 1. The number of methoxy groups -OCH3 is 1. The molecular weight excluding hydrogens is 422 g/mol. The molecule has 3 aromatic carbocycles. The molecule has 0 saturated heterocycles. The Hall–Kier alpha value is -3.79. The van der Waals surface area contributed by atoms with E-state index in [0.29, 0.717) is 18.2 Å². The lowest BCUT2D eigenvalue weighted by atomic mass is 9.97. The summed E-state index contributed by atoms with van der Waals surface area (Å²) in [6.07, 6.45) is 4.37. The zero-order chi connectivity index (χ0) is 24.1. The second-order valence-electron chi connectivity index (χ2n) is 8.94. The van der Waals surface area contributed by atoms with Crippen LogP contribution in [0.3, 0.4) is 0 Å². The Labute approximate surface area is 201 Å². The summed E-state index contributed by atoms with van der Waals surface area (Å²) in [5, 5.41) is 3.95. The molecule has 34 heavy (non-hydrogen) atoms. The minimum atomic E-state index is -0.0933. The first kappa shape index (κ1) is 23.4. The van der Waals surface area contributed by atoms with Gasteiger partial charge in [-0.3, -0.25) is 4.79 Å². The number of hydrogen-bond donors (Lipinski definition) is 1. The van der Waals surface area contributed by atoms with Crippen LogP contribution in [0.25, 0.3) is 38.8 Å². The fraction of sp³-hybridized carbons (Fsp3) is 0.233. The van der Waals surface area contributed by atoms with Gasteiger partial charge < -0.3 is 14.5 Å². The summed E-state index contributed by atoms with van der Waals surface area (Å²) < 4.78 is 11.5. The molecule has 4 aromatic rings. The predicted molar refractivity (Wildman–Crippen MR) is 140 cm³/mol. The molecule has 0 unspecified atom stereocenters. The van der Waals surface area contributed by atoms with Crippen molar-refractivity contribution in [3.05, 3.63) is 84.6 Å². The van der Waals surface area contributed by atoms with Crippen molar-refractivity contribution >= 4 is 22.4 Å². The molecule has 1 aromatic heterocycles. The molecule has 0 aliphatic rings. The first-order valence-electron chi connectivity index (χ1n) is 11.7. The third-order valence-corrected chi connectivity index (χ3v) is 5.99. The van der Waals surface area contributed by atoms with Crippen LogP contribution in [-0.2, 0) is 4.79 Å². The van der Waals surface area contributed by atoms with E-state index in [4.69, 9.17) is 9.15 Å². The number of rotatable bonds is 8. The van der Waals surface area contributed by atoms with Crippen molar-refractivity contribution in [3.8, 4) is 28.0 Å².